The van der Waals surface area contributed by atoms with E-state index in [9.17, 15) is 0 Å². The second kappa shape index (κ2) is 5.74. The Morgan fingerprint density at radius 1 is 1.14 bits per heavy atom. The maximum absolute atomic E-state index is 4.45. The summed E-state index contributed by atoms with van der Waals surface area (Å²) < 4.78 is 0. The van der Waals surface area contributed by atoms with Crippen molar-refractivity contribution in [2.75, 3.05) is 57.0 Å². The molecule has 0 saturated carbocycles. The van der Waals surface area contributed by atoms with E-state index in [1.807, 2.05) is 11.8 Å². The monoisotopic (exact) mass is 305 g/mol. The number of hydrogen-bond acceptors (Lipinski definition) is 6. The van der Waals surface area contributed by atoms with Crippen molar-refractivity contribution in [1.82, 2.24) is 20.0 Å². The Bertz CT molecular complexity index is 509. The number of hydrogen-bond donors (Lipinski definition) is 0. The lowest BCUT2D eigenvalue weighted by atomic mass is 10.1. The van der Waals surface area contributed by atoms with Crippen LogP contribution < -0.4 is 4.90 Å². The summed E-state index contributed by atoms with van der Waals surface area (Å²) >= 11 is 2.01. The summed E-state index contributed by atoms with van der Waals surface area (Å²) in [7, 11) is 2.21. The number of fused-ring (bicyclic) bond motifs is 1. The molecule has 0 aromatic carbocycles. The maximum Gasteiger partial charge on any atom is 0.151 e. The Morgan fingerprint density at radius 3 is 2.76 bits per heavy atom. The van der Waals surface area contributed by atoms with Gasteiger partial charge in [0, 0.05) is 57.5 Å². The van der Waals surface area contributed by atoms with Gasteiger partial charge in [0.2, 0.25) is 0 Å². The van der Waals surface area contributed by atoms with Crippen molar-refractivity contribution < 1.29 is 0 Å². The fourth-order valence-electron chi connectivity index (χ4n) is 3.35. The molecule has 0 bridgehead atoms. The van der Waals surface area contributed by atoms with Crippen molar-refractivity contribution in [3.8, 4) is 0 Å². The quantitative estimate of drug-likeness (QED) is 0.800. The van der Waals surface area contributed by atoms with Crippen molar-refractivity contribution >= 4 is 17.6 Å². The second-order valence-corrected chi connectivity index (χ2v) is 7.48. The van der Waals surface area contributed by atoms with Crippen molar-refractivity contribution in [2.24, 2.45) is 0 Å². The van der Waals surface area contributed by atoms with Gasteiger partial charge in [-0.3, -0.25) is 4.90 Å². The number of piperazine rings is 1. The van der Waals surface area contributed by atoms with Gasteiger partial charge in [-0.05, 0) is 24.4 Å². The Labute approximate surface area is 130 Å². The molecule has 0 aliphatic carbocycles. The molecule has 1 aromatic heterocycles. The van der Waals surface area contributed by atoms with Crippen LogP contribution in [-0.2, 0) is 12.2 Å². The number of rotatable bonds is 2. The Morgan fingerprint density at radius 2 is 1.95 bits per heavy atom. The van der Waals surface area contributed by atoms with Crippen LogP contribution in [0.15, 0.2) is 6.07 Å². The standard InChI is InChI=1S/C15H23N5S/c1-18-3-5-19(6-4-18)13-9-20(10-13)15-8-12-11-21-7-2-14(12)16-17-15/h8,13H,2-7,9-11H2,1H3. The SMILES string of the molecule is CN1CCN(C2CN(c3cc4c(nn3)CCSC4)C2)CC1. The third kappa shape index (κ3) is 2.76. The number of nitrogens with zero attached hydrogens (tertiary/aromatic N) is 5. The van der Waals surface area contributed by atoms with Crippen LogP contribution in [0.2, 0.25) is 0 Å². The maximum atomic E-state index is 4.45. The van der Waals surface area contributed by atoms with Crippen molar-refractivity contribution in [2.45, 2.75) is 18.2 Å². The molecular formula is C15H23N5S. The number of aromatic nitrogens is 2. The minimum absolute atomic E-state index is 0.714. The smallest absolute Gasteiger partial charge is 0.151 e. The molecule has 4 heterocycles. The normalized spacial score (nSPS) is 24.7. The fourth-order valence-corrected chi connectivity index (χ4v) is 4.30. The Hall–Kier alpha value is -0.850. The summed E-state index contributed by atoms with van der Waals surface area (Å²) in [6, 6.07) is 2.99. The number of likely N-dealkylation sites (N-methyl/N-ethyl adjacent to an activating group) is 1. The van der Waals surface area contributed by atoms with Crippen LogP contribution in [0.5, 0.6) is 0 Å². The molecule has 2 saturated heterocycles. The van der Waals surface area contributed by atoms with E-state index in [1.165, 1.54) is 43.2 Å². The molecule has 0 amide bonds. The van der Waals surface area contributed by atoms with Gasteiger partial charge in [-0.1, -0.05) is 0 Å². The summed E-state index contributed by atoms with van der Waals surface area (Å²) in [6.45, 7) is 7.05. The summed E-state index contributed by atoms with van der Waals surface area (Å²) in [6.07, 6.45) is 1.08. The van der Waals surface area contributed by atoms with E-state index in [1.54, 1.807) is 0 Å². The molecule has 0 spiro atoms. The lowest BCUT2D eigenvalue weighted by Gasteiger charge is -2.48. The lowest BCUT2D eigenvalue weighted by Crippen LogP contribution is -2.63. The van der Waals surface area contributed by atoms with Gasteiger partial charge in [0.25, 0.3) is 0 Å². The highest BCUT2D eigenvalue weighted by atomic mass is 32.2. The Balaban J connectivity index is 1.37. The minimum atomic E-state index is 0.714. The largest absolute Gasteiger partial charge is 0.352 e. The highest BCUT2D eigenvalue weighted by Gasteiger charge is 2.34. The van der Waals surface area contributed by atoms with Crippen molar-refractivity contribution in [3.63, 3.8) is 0 Å². The zero-order chi connectivity index (χ0) is 14.2. The summed E-state index contributed by atoms with van der Waals surface area (Å²) in [5.74, 6) is 3.38. The average molecular weight is 305 g/mol. The molecule has 6 heteroatoms. The van der Waals surface area contributed by atoms with Crippen LogP contribution in [0.3, 0.4) is 0 Å². The van der Waals surface area contributed by atoms with Crippen molar-refractivity contribution in [1.29, 1.82) is 0 Å². The van der Waals surface area contributed by atoms with Crippen LogP contribution in [0.25, 0.3) is 0 Å². The van der Waals surface area contributed by atoms with Gasteiger partial charge in [-0.25, -0.2) is 0 Å². The van der Waals surface area contributed by atoms with Crippen LogP contribution in [-0.4, -0.2) is 78.1 Å². The highest BCUT2D eigenvalue weighted by Crippen LogP contribution is 2.28. The fraction of sp³-hybridized carbons (Fsp3) is 0.733. The van der Waals surface area contributed by atoms with Crippen LogP contribution in [0.4, 0.5) is 5.82 Å². The molecule has 0 radical (unpaired) electrons. The predicted molar refractivity (Wildman–Crippen MR) is 87.0 cm³/mol. The molecule has 0 N–H and O–H groups in total. The van der Waals surface area contributed by atoms with E-state index < -0.39 is 0 Å². The molecular weight excluding hydrogens is 282 g/mol. The lowest BCUT2D eigenvalue weighted by molar-refractivity contribution is 0.0960. The Kier molecular flexibility index (Phi) is 3.77. The molecule has 4 rings (SSSR count). The van der Waals surface area contributed by atoms with Crippen LogP contribution in [0.1, 0.15) is 11.3 Å². The highest BCUT2D eigenvalue weighted by molar-refractivity contribution is 7.98. The molecule has 1 aromatic rings. The molecule has 0 unspecified atom stereocenters. The van der Waals surface area contributed by atoms with E-state index in [4.69, 9.17) is 0 Å². The molecule has 21 heavy (non-hydrogen) atoms. The van der Waals surface area contributed by atoms with Gasteiger partial charge in [0.1, 0.15) is 0 Å². The van der Waals surface area contributed by atoms with Gasteiger partial charge in [-0.15, -0.1) is 5.10 Å². The van der Waals surface area contributed by atoms with E-state index in [0.717, 1.165) is 31.1 Å². The van der Waals surface area contributed by atoms with Crippen molar-refractivity contribution in [3.05, 3.63) is 17.3 Å². The summed E-state index contributed by atoms with van der Waals surface area (Å²) in [5, 5.41) is 8.89. The summed E-state index contributed by atoms with van der Waals surface area (Å²) in [4.78, 5) is 7.44. The van der Waals surface area contributed by atoms with Gasteiger partial charge >= 0.3 is 0 Å². The predicted octanol–water partition coefficient (Wildman–Crippen LogP) is 0.702. The molecule has 114 valence electrons. The van der Waals surface area contributed by atoms with E-state index >= 15 is 0 Å². The number of aryl methyl sites for hydroxylation is 1. The molecule has 0 atom stereocenters. The van der Waals surface area contributed by atoms with E-state index in [2.05, 4.69) is 38.0 Å². The van der Waals surface area contributed by atoms with E-state index in [0.29, 0.717) is 6.04 Å². The van der Waals surface area contributed by atoms with Gasteiger partial charge in [0.15, 0.2) is 5.82 Å². The van der Waals surface area contributed by atoms with Gasteiger partial charge < -0.3 is 9.80 Å². The number of thioether (sulfide) groups is 1. The molecule has 5 nitrogen and oxygen atoms in total. The van der Waals surface area contributed by atoms with Gasteiger partial charge in [-0.2, -0.15) is 16.9 Å². The summed E-state index contributed by atoms with van der Waals surface area (Å²) in [5.41, 5.74) is 2.62. The molecule has 2 fully saturated rings. The average Bonchev–Trinajstić information content (AvgIpc) is 2.48. The zero-order valence-corrected chi connectivity index (χ0v) is 13.5. The topological polar surface area (TPSA) is 35.5 Å². The first kappa shape index (κ1) is 13.8. The van der Waals surface area contributed by atoms with Gasteiger partial charge in [0.05, 0.1) is 5.69 Å². The minimum Gasteiger partial charge on any atom is -0.352 e. The first-order chi connectivity index (χ1) is 10.3. The van der Waals surface area contributed by atoms with Crippen LogP contribution >= 0.6 is 11.8 Å². The first-order valence-corrected chi connectivity index (χ1v) is 9.06. The number of anilines is 1. The first-order valence-electron chi connectivity index (χ1n) is 7.90. The van der Waals surface area contributed by atoms with E-state index in [-0.39, 0.29) is 0 Å². The molecule has 3 aliphatic rings. The third-order valence-electron chi connectivity index (χ3n) is 4.93. The second-order valence-electron chi connectivity index (χ2n) is 6.38. The third-order valence-corrected chi connectivity index (χ3v) is 5.94. The van der Waals surface area contributed by atoms with Crippen LogP contribution in [0, 0.1) is 0 Å². The zero-order valence-electron chi connectivity index (χ0n) is 12.7. The molecule has 3 aliphatic heterocycles.